The van der Waals surface area contributed by atoms with E-state index < -0.39 is 0 Å². The van der Waals surface area contributed by atoms with Crippen LogP contribution in [0.4, 0.5) is 0 Å². The van der Waals surface area contributed by atoms with E-state index in [0.717, 1.165) is 34.9 Å². The molecule has 0 amide bonds. The fourth-order valence-corrected chi connectivity index (χ4v) is 4.37. The topological polar surface area (TPSA) is 25.4 Å². The van der Waals surface area contributed by atoms with E-state index in [4.69, 9.17) is 4.74 Å². The third-order valence-corrected chi connectivity index (χ3v) is 5.96. The van der Waals surface area contributed by atoms with Gasteiger partial charge in [0.2, 0.25) is 0 Å². The summed E-state index contributed by atoms with van der Waals surface area (Å²) in [6, 6.07) is 16.5. The van der Waals surface area contributed by atoms with Gasteiger partial charge in [-0.05, 0) is 75.7 Å². The van der Waals surface area contributed by atoms with Gasteiger partial charge >= 0.3 is 0 Å². The van der Waals surface area contributed by atoms with Gasteiger partial charge in [-0.1, -0.05) is 30.3 Å². The maximum absolute atomic E-state index is 6.06. The van der Waals surface area contributed by atoms with E-state index >= 15 is 0 Å². The molecule has 4 rings (SSSR count). The summed E-state index contributed by atoms with van der Waals surface area (Å²) in [4.78, 5) is 7.23. The van der Waals surface area contributed by atoms with Crippen molar-refractivity contribution in [1.29, 1.82) is 0 Å². The maximum atomic E-state index is 6.06. The van der Waals surface area contributed by atoms with E-state index in [-0.39, 0.29) is 0 Å². The quantitative estimate of drug-likeness (QED) is 0.469. The minimum atomic E-state index is 0.778. The Labute approximate surface area is 165 Å². The molecule has 0 saturated carbocycles. The lowest BCUT2D eigenvalue weighted by atomic mass is 10.2. The molecular formula is C23H26N2OS. The molecule has 1 saturated heterocycles. The molecule has 0 atom stereocenters. The van der Waals surface area contributed by atoms with Gasteiger partial charge in [0.25, 0.3) is 0 Å². The van der Waals surface area contributed by atoms with Crippen LogP contribution in [0.25, 0.3) is 22.4 Å². The normalized spacial score (nSPS) is 15.1. The van der Waals surface area contributed by atoms with Gasteiger partial charge in [0.15, 0.2) is 0 Å². The van der Waals surface area contributed by atoms with Gasteiger partial charge in [-0.15, -0.1) is 11.3 Å². The average Bonchev–Trinajstić information content (AvgIpc) is 3.36. The van der Waals surface area contributed by atoms with Crippen molar-refractivity contribution >= 4 is 33.7 Å². The SMILES string of the molecule is C(=C\c1ccccc1OCCCCN1CCCC1)/c1nc2ccccc2s1. The molecule has 1 aliphatic heterocycles. The number of thiazole rings is 1. The zero-order valence-corrected chi connectivity index (χ0v) is 16.5. The predicted octanol–water partition coefficient (Wildman–Crippen LogP) is 5.72. The minimum absolute atomic E-state index is 0.778. The largest absolute Gasteiger partial charge is 0.493 e. The summed E-state index contributed by atoms with van der Waals surface area (Å²) >= 11 is 1.72. The summed E-state index contributed by atoms with van der Waals surface area (Å²) in [5, 5.41) is 1.02. The Hall–Kier alpha value is -2.17. The summed E-state index contributed by atoms with van der Waals surface area (Å²) in [6.07, 6.45) is 9.24. The van der Waals surface area contributed by atoms with E-state index in [2.05, 4.69) is 58.4 Å². The molecule has 0 bridgehead atoms. The molecule has 27 heavy (non-hydrogen) atoms. The highest BCUT2D eigenvalue weighted by atomic mass is 32.1. The number of unbranched alkanes of at least 4 members (excludes halogenated alkanes) is 1. The Bertz CT molecular complexity index is 863. The van der Waals surface area contributed by atoms with Gasteiger partial charge in [-0.3, -0.25) is 0 Å². The highest BCUT2D eigenvalue weighted by Crippen LogP contribution is 2.25. The summed E-state index contributed by atoms with van der Waals surface area (Å²) in [7, 11) is 0. The van der Waals surface area contributed by atoms with Crippen molar-refractivity contribution in [2.45, 2.75) is 25.7 Å². The molecule has 1 fully saturated rings. The summed E-state index contributed by atoms with van der Waals surface area (Å²) < 4.78 is 7.28. The predicted molar refractivity (Wildman–Crippen MR) is 115 cm³/mol. The molecule has 2 aromatic carbocycles. The Morgan fingerprint density at radius 3 is 2.67 bits per heavy atom. The second-order valence-corrected chi connectivity index (χ2v) is 8.06. The van der Waals surface area contributed by atoms with Crippen LogP contribution >= 0.6 is 11.3 Å². The van der Waals surface area contributed by atoms with Gasteiger partial charge in [0.1, 0.15) is 10.8 Å². The Morgan fingerprint density at radius 2 is 1.78 bits per heavy atom. The molecule has 1 aliphatic rings. The number of benzene rings is 2. The number of aromatic nitrogens is 1. The number of fused-ring (bicyclic) bond motifs is 1. The Morgan fingerprint density at radius 1 is 0.963 bits per heavy atom. The molecule has 0 aliphatic carbocycles. The van der Waals surface area contributed by atoms with Gasteiger partial charge in [-0.25, -0.2) is 4.98 Å². The lowest BCUT2D eigenvalue weighted by Crippen LogP contribution is -2.20. The fraction of sp³-hybridized carbons (Fsp3) is 0.348. The average molecular weight is 379 g/mol. The summed E-state index contributed by atoms with van der Waals surface area (Å²) in [5.41, 5.74) is 2.17. The number of para-hydroxylation sites is 2. The fourth-order valence-electron chi connectivity index (χ4n) is 3.50. The smallest absolute Gasteiger partial charge is 0.126 e. The first-order chi connectivity index (χ1) is 13.4. The molecule has 2 heterocycles. The molecular weight excluding hydrogens is 352 g/mol. The van der Waals surface area contributed by atoms with Gasteiger partial charge in [-0.2, -0.15) is 0 Å². The molecule has 0 radical (unpaired) electrons. The molecule has 0 N–H and O–H groups in total. The number of hydrogen-bond acceptors (Lipinski definition) is 4. The van der Waals surface area contributed by atoms with Crippen LogP contribution in [-0.2, 0) is 0 Å². The first-order valence-electron chi connectivity index (χ1n) is 9.86. The molecule has 3 nitrogen and oxygen atoms in total. The van der Waals surface area contributed by atoms with E-state index in [1.54, 1.807) is 11.3 Å². The first-order valence-corrected chi connectivity index (χ1v) is 10.7. The van der Waals surface area contributed by atoms with E-state index in [1.807, 2.05) is 12.1 Å². The van der Waals surface area contributed by atoms with E-state index in [9.17, 15) is 0 Å². The zero-order chi connectivity index (χ0) is 18.3. The monoisotopic (exact) mass is 378 g/mol. The molecule has 140 valence electrons. The number of nitrogens with zero attached hydrogens (tertiary/aromatic N) is 2. The lowest BCUT2D eigenvalue weighted by Gasteiger charge is -2.14. The summed E-state index contributed by atoms with van der Waals surface area (Å²) in [5.74, 6) is 0.955. The second kappa shape index (κ2) is 9.16. The molecule has 1 aromatic heterocycles. The number of hydrogen-bond donors (Lipinski definition) is 0. The van der Waals surface area contributed by atoms with Crippen LogP contribution in [-0.4, -0.2) is 36.1 Å². The van der Waals surface area contributed by atoms with Crippen LogP contribution in [0.5, 0.6) is 5.75 Å². The van der Waals surface area contributed by atoms with E-state index in [1.165, 1.54) is 43.6 Å². The van der Waals surface area contributed by atoms with Gasteiger partial charge in [0.05, 0.1) is 16.8 Å². The number of rotatable bonds is 8. The molecule has 0 spiro atoms. The minimum Gasteiger partial charge on any atom is -0.493 e. The van der Waals surface area contributed by atoms with Gasteiger partial charge < -0.3 is 9.64 Å². The van der Waals surface area contributed by atoms with Gasteiger partial charge in [0, 0.05) is 5.56 Å². The van der Waals surface area contributed by atoms with Crippen LogP contribution in [0.2, 0.25) is 0 Å². The van der Waals surface area contributed by atoms with Crippen LogP contribution in [0.15, 0.2) is 48.5 Å². The molecule has 0 unspecified atom stereocenters. The molecule has 3 aromatic rings. The van der Waals surface area contributed by atoms with Crippen LogP contribution in [0.3, 0.4) is 0 Å². The third kappa shape index (κ3) is 4.96. The summed E-state index contributed by atoms with van der Waals surface area (Å²) in [6.45, 7) is 4.54. The Balaban J connectivity index is 1.33. The first kappa shape index (κ1) is 18.2. The van der Waals surface area contributed by atoms with Crippen molar-refractivity contribution in [2.24, 2.45) is 0 Å². The maximum Gasteiger partial charge on any atom is 0.126 e. The van der Waals surface area contributed by atoms with Crippen LogP contribution in [0, 0.1) is 0 Å². The molecule has 4 heteroatoms. The van der Waals surface area contributed by atoms with Crippen molar-refractivity contribution in [3.63, 3.8) is 0 Å². The second-order valence-electron chi connectivity index (χ2n) is 7.00. The highest BCUT2D eigenvalue weighted by molar-refractivity contribution is 7.19. The van der Waals surface area contributed by atoms with Crippen molar-refractivity contribution < 1.29 is 4.74 Å². The van der Waals surface area contributed by atoms with Crippen LogP contribution < -0.4 is 4.74 Å². The number of ether oxygens (including phenoxy) is 1. The number of likely N-dealkylation sites (tertiary alicyclic amines) is 1. The van der Waals surface area contributed by atoms with E-state index in [0.29, 0.717) is 0 Å². The lowest BCUT2D eigenvalue weighted by molar-refractivity contribution is 0.279. The van der Waals surface area contributed by atoms with Crippen molar-refractivity contribution in [2.75, 3.05) is 26.2 Å². The van der Waals surface area contributed by atoms with Crippen molar-refractivity contribution in [1.82, 2.24) is 9.88 Å². The Kier molecular flexibility index (Phi) is 6.17. The third-order valence-electron chi connectivity index (χ3n) is 4.96. The van der Waals surface area contributed by atoms with Crippen molar-refractivity contribution in [3.8, 4) is 5.75 Å². The highest BCUT2D eigenvalue weighted by Gasteiger charge is 2.10. The van der Waals surface area contributed by atoms with Crippen LogP contribution in [0.1, 0.15) is 36.3 Å². The standard InChI is InChI=1S/C23H26N2OS/c1-3-11-21(26-18-8-7-17-25-15-5-6-16-25)19(9-1)13-14-23-24-20-10-2-4-12-22(20)27-23/h1-4,9-14H,5-8,15-18H2/b14-13+. The van der Waals surface area contributed by atoms with Crippen molar-refractivity contribution in [3.05, 3.63) is 59.1 Å². The zero-order valence-electron chi connectivity index (χ0n) is 15.6.